The molecule has 0 bridgehead atoms. The number of rotatable bonds is 5. The van der Waals surface area contributed by atoms with E-state index in [4.69, 9.17) is 9.84 Å². The van der Waals surface area contributed by atoms with Crippen LogP contribution in [0.15, 0.2) is 36.5 Å². The van der Waals surface area contributed by atoms with E-state index in [2.05, 4.69) is 4.98 Å². The van der Waals surface area contributed by atoms with E-state index in [1.165, 1.54) is 24.4 Å². The number of hydrogen-bond donors (Lipinski definition) is 1. The van der Waals surface area contributed by atoms with Gasteiger partial charge in [0.1, 0.15) is 18.1 Å². The van der Waals surface area contributed by atoms with Crippen molar-refractivity contribution in [2.75, 3.05) is 0 Å². The third kappa shape index (κ3) is 3.33. The Morgan fingerprint density at radius 3 is 2.86 bits per heavy atom. The summed E-state index contributed by atoms with van der Waals surface area (Å²) in [5.74, 6) is -0.735. The van der Waals surface area contributed by atoms with Crippen molar-refractivity contribution in [1.29, 1.82) is 0 Å². The van der Waals surface area contributed by atoms with Gasteiger partial charge < -0.3 is 9.84 Å². The van der Waals surface area contributed by atoms with Gasteiger partial charge in [0.15, 0.2) is 0 Å². The molecule has 1 N–H and O–H groups in total. The van der Waals surface area contributed by atoms with Crippen LogP contribution in [-0.4, -0.2) is 21.0 Å². The molecule has 1 aromatic carbocycles. The Kier molecular flexibility index (Phi) is 4.13. The SMILES string of the molecule is Cc1c(OCc2ccnc(C(=O)O)c2)cccc1[N+](=O)[O-]. The van der Waals surface area contributed by atoms with Crippen molar-refractivity contribution in [2.45, 2.75) is 13.5 Å². The molecule has 0 unspecified atom stereocenters. The predicted molar refractivity (Wildman–Crippen MR) is 73.4 cm³/mol. The van der Waals surface area contributed by atoms with Crippen LogP contribution in [-0.2, 0) is 6.61 Å². The molecule has 0 fully saturated rings. The average molecular weight is 288 g/mol. The molecule has 2 aromatic rings. The first-order valence-electron chi connectivity index (χ1n) is 6.04. The molecule has 0 saturated carbocycles. The first kappa shape index (κ1) is 14.4. The number of ether oxygens (including phenoxy) is 1. The molecule has 21 heavy (non-hydrogen) atoms. The first-order chi connectivity index (χ1) is 9.99. The van der Waals surface area contributed by atoms with E-state index < -0.39 is 10.9 Å². The molecule has 0 aliphatic carbocycles. The summed E-state index contributed by atoms with van der Waals surface area (Å²) >= 11 is 0. The summed E-state index contributed by atoms with van der Waals surface area (Å²) in [4.78, 5) is 24.9. The first-order valence-corrected chi connectivity index (χ1v) is 6.04. The molecule has 0 radical (unpaired) electrons. The molecule has 0 aliphatic rings. The molecule has 1 aromatic heterocycles. The molecule has 1 heterocycles. The van der Waals surface area contributed by atoms with Crippen LogP contribution < -0.4 is 4.74 Å². The standard InChI is InChI=1S/C14H12N2O5/c1-9-12(16(19)20)3-2-4-13(9)21-8-10-5-6-15-11(7-10)14(17)18/h2-7H,8H2,1H3,(H,17,18). The summed E-state index contributed by atoms with van der Waals surface area (Å²) in [5.41, 5.74) is 0.948. The molecule has 0 spiro atoms. The van der Waals surface area contributed by atoms with Gasteiger partial charge in [-0.2, -0.15) is 0 Å². The fourth-order valence-corrected chi connectivity index (χ4v) is 1.80. The topological polar surface area (TPSA) is 103 Å². The van der Waals surface area contributed by atoms with Crippen molar-refractivity contribution >= 4 is 11.7 Å². The molecule has 0 saturated heterocycles. The Bertz CT molecular complexity index is 700. The van der Waals surface area contributed by atoms with Gasteiger partial charge in [-0.1, -0.05) is 6.07 Å². The van der Waals surface area contributed by atoms with Crippen molar-refractivity contribution in [2.24, 2.45) is 0 Å². The van der Waals surface area contributed by atoms with E-state index in [1.807, 2.05) is 0 Å². The molecule has 7 nitrogen and oxygen atoms in total. The zero-order chi connectivity index (χ0) is 15.4. The number of nitrogens with zero attached hydrogens (tertiary/aromatic N) is 2. The van der Waals surface area contributed by atoms with Crippen molar-refractivity contribution < 1.29 is 19.6 Å². The van der Waals surface area contributed by atoms with Crippen LogP contribution in [0, 0.1) is 17.0 Å². The number of nitro groups is 1. The zero-order valence-corrected chi connectivity index (χ0v) is 11.1. The van der Waals surface area contributed by atoms with Crippen LogP contribution >= 0.6 is 0 Å². The number of nitro benzene ring substituents is 1. The predicted octanol–water partition coefficient (Wildman–Crippen LogP) is 2.58. The van der Waals surface area contributed by atoms with Crippen molar-refractivity contribution in [1.82, 2.24) is 4.98 Å². The molecule has 108 valence electrons. The summed E-state index contributed by atoms with van der Waals surface area (Å²) in [7, 11) is 0. The monoisotopic (exact) mass is 288 g/mol. The second kappa shape index (κ2) is 6.00. The number of aromatic carboxylic acids is 1. The van der Waals surface area contributed by atoms with Gasteiger partial charge in [-0.3, -0.25) is 10.1 Å². The van der Waals surface area contributed by atoms with E-state index in [0.29, 0.717) is 16.9 Å². The minimum Gasteiger partial charge on any atom is -0.488 e. The summed E-state index contributed by atoms with van der Waals surface area (Å²) in [5, 5.41) is 19.7. The largest absolute Gasteiger partial charge is 0.488 e. The summed E-state index contributed by atoms with van der Waals surface area (Å²) in [6.45, 7) is 1.70. The number of pyridine rings is 1. The van der Waals surface area contributed by atoms with E-state index >= 15 is 0 Å². The zero-order valence-electron chi connectivity index (χ0n) is 11.1. The fourth-order valence-electron chi connectivity index (χ4n) is 1.80. The Balaban J connectivity index is 2.17. The van der Waals surface area contributed by atoms with Gasteiger partial charge in [0.2, 0.25) is 0 Å². The molecule has 0 atom stereocenters. The summed E-state index contributed by atoms with van der Waals surface area (Å²) in [6, 6.07) is 7.59. The van der Waals surface area contributed by atoms with Gasteiger partial charge in [0, 0.05) is 12.3 Å². The highest BCUT2D eigenvalue weighted by molar-refractivity contribution is 5.85. The smallest absolute Gasteiger partial charge is 0.354 e. The summed E-state index contributed by atoms with van der Waals surface area (Å²) < 4.78 is 5.52. The van der Waals surface area contributed by atoms with Gasteiger partial charge in [-0.15, -0.1) is 0 Å². The maximum absolute atomic E-state index is 10.8. The highest BCUT2D eigenvalue weighted by Gasteiger charge is 2.14. The Morgan fingerprint density at radius 2 is 2.19 bits per heavy atom. The number of benzene rings is 1. The van der Waals surface area contributed by atoms with E-state index in [0.717, 1.165) is 0 Å². The molecule has 7 heteroatoms. The van der Waals surface area contributed by atoms with Crippen LogP contribution in [0.25, 0.3) is 0 Å². The Hall–Kier alpha value is -2.96. The van der Waals surface area contributed by atoms with Crippen LogP contribution in [0.3, 0.4) is 0 Å². The van der Waals surface area contributed by atoms with E-state index in [-0.39, 0.29) is 18.0 Å². The third-order valence-electron chi connectivity index (χ3n) is 2.89. The molecule has 2 rings (SSSR count). The highest BCUT2D eigenvalue weighted by Crippen LogP contribution is 2.27. The molecule has 0 aliphatic heterocycles. The second-order valence-electron chi connectivity index (χ2n) is 4.30. The van der Waals surface area contributed by atoms with Gasteiger partial charge >= 0.3 is 5.97 Å². The van der Waals surface area contributed by atoms with Crippen molar-refractivity contribution in [3.8, 4) is 5.75 Å². The maximum Gasteiger partial charge on any atom is 0.354 e. The van der Waals surface area contributed by atoms with Gasteiger partial charge in [0.25, 0.3) is 5.69 Å². The van der Waals surface area contributed by atoms with E-state index in [9.17, 15) is 14.9 Å². The van der Waals surface area contributed by atoms with Gasteiger partial charge in [-0.25, -0.2) is 9.78 Å². The fraction of sp³-hybridized carbons (Fsp3) is 0.143. The number of aromatic nitrogens is 1. The third-order valence-corrected chi connectivity index (χ3v) is 2.89. The van der Waals surface area contributed by atoms with Gasteiger partial charge in [-0.05, 0) is 30.7 Å². The quantitative estimate of drug-likeness (QED) is 0.670. The molecular weight excluding hydrogens is 276 g/mol. The van der Waals surface area contributed by atoms with Crippen molar-refractivity contribution in [3.05, 3.63) is 63.5 Å². The van der Waals surface area contributed by atoms with Crippen molar-refractivity contribution in [3.63, 3.8) is 0 Å². The summed E-state index contributed by atoms with van der Waals surface area (Å²) in [6.07, 6.45) is 1.38. The molecule has 0 amide bonds. The Labute approximate surface area is 120 Å². The minimum absolute atomic E-state index is 0.0200. The minimum atomic E-state index is -1.12. The lowest BCUT2D eigenvalue weighted by Gasteiger charge is -2.09. The Morgan fingerprint density at radius 1 is 1.43 bits per heavy atom. The lowest BCUT2D eigenvalue weighted by molar-refractivity contribution is -0.385. The maximum atomic E-state index is 10.8. The van der Waals surface area contributed by atoms with Crippen LogP contribution in [0.1, 0.15) is 21.6 Å². The highest BCUT2D eigenvalue weighted by atomic mass is 16.6. The van der Waals surface area contributed by atoms with Crippen LogP contribution in [0.5, 0.6) is 5.75 Å². The number of carbonyl (C=O) groups is 1. The lowest BCUT2D eigenvalue weighted by atomic mass is 10.2. The number of carboxylic acid groups (broad SMARTS) is 1. The number of carboxylic acids is 1. The molecular formula is C14H12N2O5. The number of hydrogen-bond acceptors (Lipinski definition) is 5. The van der Waals surface area contributed by atoms with E-state index in [1.54, 1.807) is 19.1 Å². The second-order valence-corrected chi connectivity index (χ2v) is 4.30. The van der Waals surface area contributed by atoms with Crippen LogP contribution in [0.2, 0.25) is 0 Å². The van der Waals surface area contributed by atoms with Crippen LogP contribution in [0.4, 0.5) is 5.69 Å². The lowest BCUT2D eigenvalue weighted by Crippen LogP contribution is -2.03. The average Bonchev–Trinajstić information content (AvgIpc) is 2.46. The van der Waals surface area contributed by atoms with Gasteiger partial charge in [0.05, 0.1) is 10.5 Å². The normalized spacial score (nSPS) is 10.1.